The Bertz CT molecular complexity index is 752. The third kappa shape index (κ3) is 6.80. The fourth-order valence-electron chi connectivity index (χ4n) is 2.90. The zero-order chi connectivity index (χ0) is 20.4. The van der Waals surface area contributed by atoms with Gasteiger partial charge in [-0.1, -0.05) is 13.8 Å². The normalized spacial score (nSPS) is 12.1. The molecular formula is C21H30N2O4S. The molecule has 0 fully saturated rings. The van der Waals surface area contributed by atoms with Crippen molar-refractivity contribution in [1.82, 2.24) is 10.2 Å². The quantitative estimate of drug-likeness (QED) is 0.585. The van der Waals surface area contributed by atoms with Gasteiger partial charge in [0.1, 0.15) is 11.5 Å². The van der Waals surface area contributed by atoms with Crippen LogP contribution in [0.3, 0.4) is 0 Å². The molecule has 0 bridgehead atoms. The minimum atomic E-state index is -1.25. The molecule has 0 spiro atoms. The Morgan fingerprint density at radius 2 is 1.75 bits per heavy atom. The average molecular weight is 407 g/mol. The van der Waals surface area contributed by atoms with Crippen LogP contribution in [0.5, 0.6) is 5.75 Å². The average Bonchev–Trinajstić information content (AvgIpc) is 3.17. The zero-order valence-electron chi connectivity index (χ0n) is 16.9. The van der Waals surface area contributed by atoms with E-state index in [1.807, 2.05) is 0 Å². The number of methoxy groups -OCH3 is 1. The first-order chi connectivity index (χ1) is 13.6. The standard InChI is InChI=1S/C21H30N2O4S/c1-4-13-23(14-5-2)15-12-22-21(24)20-11-8-18(27-20)16-28(25)19-9-6-17(26-3)7-10-19/h6-11H,4-5,12-16H2,1-3H3,(H,22,24). The van der Waals surface area contributed by atoms with Crippen LogP contribution in [-0.4, -0.2) is 48.3 Å². The molecule has 1 heterocycles. The molecule has 1 amide bonds. The monoisotopic (exact) mass is 406 g/mol. The van der Waals surface area contributed by atoms with Gasteiger partial charge in [0.05, 0.1) is 23.7 Å². The summed E-state index contributed by atoms with van der Waals surface area (Å²) in [6, 6.07) is 10.4. The smallest absolute Gasteiger partial charge is 0.287 e. The van der Waals surface area contributed by atoms with Crippen LogP contribution in [0.25, 0.3) is 0 Å². The van der Waals surface area contributed by atoms with Crippen LogP contribution in [0.15, 0.2) is 45.7 Å². The van der Waals surface area contributed by atoms with Gasteiger partial charge in [0.25, 0.3) is 5.91 Å². The molecule has 1 atom stereocenters. The van der Waals surface area contributed by atoms with Crippen molar-refractivity contribution in [3.05, 3.63) is 47.9 Å². The van der Waals surface area contributed by atoms with Gasteiger partial charge in [-0.15, -0.1) is 0 Å². The van der Waals surface area contributed by atoms with E-state index < -0.39 is 10.8 Å². The van der Waals surface area contributed by atoms with Gasteiger partial charge in [0, 0.05) is 18.0 Å². The molecule has 0 aliphatic rings. The SMILES string of the molecule is CCCN(CCC)CCNC(=O)c1ccc(CS(=O)c2ccc(OC)cc2)o1. The topological polar surface area (TPSA) is 71.8 Å². The molecule has 0 aliphatic heterocycles. The lowest BCUT2D eigenvalue weighted by Gasteiger charge is -2.20. The first kappa shape index (κ1) is 22.2. The van der Waals surface area contributed by atoms with Gasteiger partial charge in [-0.3, -0.25) is 9.00 Å². The number of rotatable bonds is 12. The predicted octanol–water partition coefficient (Wildman–Crippen LogP) is 3.45. The lowest BCUT2D eigenvalue weighted by atomic mass is 10.3. The number of benzene rings is 1. The summed E-state index contributed by atoms with van der Waals surface area (Å²) in [6.45, 7) is 7.77. The molecule has 154 valence electrons. The fourth-order valence-corrected chi connectivity index (χ4v) is 3.92. The fraction of sp³-hybridized carbons (Fsp3) is 0.476. The van der Waals surface area contributed by atoms with Crippen LogP contribution in [0.1, 0.15) is 43.0 Å². The number of nitrogens with one attached hydrogen (secondary N) is 1. The summed E-state index contributed by atoms with van der Waals surface area (Å²) in [4.78, 5) is 15.3. The summed E-state index contributed by atoms with van der Waals surface area (Å²) in [6.07, 6.45) is 2.20. The van der Waals surface area contributed by atoms with Crippen LogP contribution in [0.4, 0.5) is 0 Å². The number of hydrogen-bond acceptors (Lipinski definition) is 5. The predicted molar refractivity (Wildman–Crippen MR) is 111 cm³/mol. The maximum Gasteiger partial charge on any atom is 0.287 e. The molecular weight excluding hydrogens is 376 g/mol. The van der Waals surface area contributed by atoms with Crippen LogP contribution < -0.4 is 10.1 Å². The van der Waals surface area contributed by atoms with E-state index in [9.17, 15) is 9.00 Å². The van der Waals surface area contributed by atoms with Gasteiger partial charge < -0.3 is 19.4 Å². The van der Waals surface area contributed by atoms with E-state index in [1.54, 1.807) is 43.5 Å². The zero-order valence-corrected chi connectivity index (χ0v) is 17.7. The maximum absolute atomic E-state index is 12.5. The molecule has 1 unspecified atom stereocenters. The number of furan rings is 1. The van der Waals surface area contributed by atoms with E-state index >= 15 is 0 Å². The molecule has 0 saturated heterocycles. The van der Waals surface area contributed by atoms with Crippen LogP contribution >= 0.6 is 0 Å². The first-order valence-corrected chi connectivity index (χ1v) is 11.0. The van der Waals surface area contributed by atoms with Crippen molar-refractivity contribution < 1.29 is 18.2 Å². The Labute approximate surface area is 169 Å². The Hall–Kier alpha value is -2.12. The summed E-state index contributed by atoms with van der Waals surface area (Å²) < 4.78 is 23.2. The summed E-state index contributed by atoms with van der Waals surface area (Å²) in [5.41, 5.74) is 0. The second-order valence-electron chi connectivity index (χ2n) is 6.53. The van der Waals surface area contributed by atoms with Crippen molar-refractivity contribution in [3.8, 4) is 5.75 Å². The number of amides is 1. The highest BCUT2D eigenvalue weighted by atomic mass is 32.2. The number of hydrogen-bond donors (Lipinski definition) is 1. The second-order valence-corrected chi connectivity index (χ2v) is 7.98. The number of nitrogens with zero attached hydrogens (tertiary/aromatic N) is 1. The van der Waals surface area contributed by atoms with E-state index in [1.165, 1.54) is 0 Å². The molecule has 0 aliphatic carbocycles. The third-order valence-corrected chi connectivity index (χ3v) is 5.62. The Kier molecular flexibility index (Phi) is 9.23. The Balaban J connectivity index is 1.84. The highest BCUT2D eigenvalue weighted by molar-refractivity contribution is 7.84. The van der Waals surface area contributed by atoms with Gasteiger partial charge in [-0.25, -0.2) is 0 Å². The lowest BCUT2D eigenvalue weighted by Crippen LogP contribution is -2.35. The van der Waals surface area contributed by atoms with Gasteiger partial charge in [-0.05, 0) is 62.3 Å². The molecule has 7 heteroatoms. The van der Waals surface area contributed by atoms with Crippen LogP contribution in [-0.2, 0) is 16.6 Å². The number of ether oxygens (including phenoxy) is 1. The summed E-state index contributed by atoms with van der Waals surface area (Å²) in [7, 11) is 0.341. The molecule has 1 N–H and O–H groups in total. The molecule has 1 aromatic heterocycles. The summed E-state index contributed by atoms with van der Waals surface area (Å²) >= 11 is 0. The number of carbonyl (C=O) groups is 1. The molecule has 0 radical (unpaired) electrons. The molecule has 0 saturated carbocycles. The van der Waals surface area contributed by atoms with Crippen molar-refractivity contribution in [1.29, 1.82) is 0 Å². The second kappa shape index (κ2) is 11.7. The van der Waals surface area contributed by atoms with Crippen LogP contribution in [0, 0.1) is 0 Å². The third-order valence-electron chi connectivity index (χ3n) is 4.27. The van der Waals surface area contributed by atoms with Gasteiger partial charge >= 0.3 is 0 Å². The molecule has 1 aromatic carbocycles. The van der Waals surface area contributed by atoms with E-state index in [2.05, 4.69) is 24.1 Å². The molecule has 2 rings (SSSR count). The lowest BCUT2D eigenvalue weighted by molar-refractivity contribution is 0.0919. The van der Waals surface area contributed by atoms with Gasteiger partial charge in [0.15, 0.2) is 5.76 Å². The Morgan fingerprint density at radius 1 is 1.07 bits per heavy atom. The van der Waals surface area contributed by atoms with E-state index in [0.717, 1.165) is 32.5 Å². The first-order valence-electron chi connectivity index (χ1n) is 9.69. The molecule has 28 heavy (non-hydrogen) atoms. The van der Waals surface area contributed by atoms with E-state index in [4.69, 9.17) is 9.15 Å². The minimum absolute atomic E-state index is 0.223. The summed E-state index contributed by atoms with van der Waals surface area (Å²) in [5.74, 6) is 1.47. The summed E-state index contributed by atoms with van der Waals surface area (Å²) in [5, 5.41) is 2.89. The highest BCUT2D eigenvalue weighted by Crippen LogP contribution is 2.18. The largest absolute Gasteiger partial charge is 0.497 e. The van der Waals surface area contributed by atoms with Crippen molar-refractivity contribution in [3.63, 3.8) is 0 Å². The molecule has 6 nitrogen and oxygen atoms in total. The Morgan fingerprint density at radius 3 is 2.36 bits per heavy atom. The number of carbonyl (C=O) groups excluding carboxylic acids is 1. The maximum atomic E-state index is 12.5. The van der Waals surface area contributed by atoms with Crippen molar-refractivity contribution >= 4 is 16.7 Å². The van der Waals surface area contributed by atoms with Crippen molar-refractivity contribution in [2.45, 2.75) is 37.3 Å². The molecule has 2 aromatic rings. The van der Waals surface area contributed by atoms with Gasteiger partial charge in [-0.2, -0.15) is 0 Å². The van der Waals surface area contributed by atoms with Crippen molar-refractivity contribution in [2.24, 2.45) is 0 Å². The van der Waals surface area contributed by atoms with Crippen LogP contribution in [0.2, 0.25) is 0 Å². The van der Waals surface area contributed by atoms with E-state index in [0.29, 0.717) is 22.9 Å². The van der Waals surface area contributed by atoms with Crippen molar-refractivity contribution in [2.75, 3.05) is 33.3 Å². The van der Waals surface area contributed by atoms with E-state index in [-0.39, 0.29) is 17.4 Å². The van der Waals surface area contributed by atoms with Gasteiger partial charge in [0.2, 0.25) is 0 Å². The highest BCUT2D eigenvalue weighted by Gasteiger charge is 2.14. The minimum Gasteiger partial charge on any atom is -0.497 e.